The van der Waals surface area contributed by atoms with Crippen LogP contribution in [-0.2, 0) is 26.0 Å². The highest BCUT2D eigenvalue weighted by Crippen LogP contribution is 2.29. The summed E-state index contributed by atoms with van der Waals surface area (Å²) in [6, 6.07) is 6.87. The fraction of sp³-hybridized carbons (Fsp3) is 0.652. The number of likely N-dealkylation sites (tertiary alicyclic amines) is 1. The predicted molar refractivity (Wildman–Crippen MR) is 124 cm³/mol. The van der Waals surface area contributed by atoms with Crippen LogP contribution in [0.3, 0.4) is 0 Å². The SMILES string of the molecule is CCN(CC)C(=O)CC[C@@H]1CNC(=O)[C@H]2[C@@H](CCN2Cc2ccc(S(C)(=O)=O)cc2)N1C. The molecule has 3 rings (SSSR count). The van der Waals surface area contributed by atoms with E-state index in [0.717, 1.165) is 38.0 Å². The van der Waals surface area contributed by atoms with Gasteiger partial charge in [-0.15, -0.1) is 0 Å². The van der Waals surface area contributed by atoms with Crippen LogP contribution >= 0.6 is 0 Å². The normalized spacial score (nSPS) is 24.6. The zero-order valence-corrected chi connectivity index (χ0v) is 20.4. The molecular weight excluding hydrogens is 428 g/mol. The van der Waals surface area contributed by atoms with Crippen molar-refractivity contribution in [3.05, 3.63) is 29.8 Å². The number of rotatable bonds is 8. The van der Waals surface area contributed by atoms with E-state index in [4.69, 9.17) is 0 Å². The van der Waals surface area contributed by atoms with Crippen LogP contribution in [0, 0.1) is 0 Å². The number of nitrogens with zero attached hydrogens (tertiary/aromatic N) is 3. The zero-order chi connectivity index (χ0) is 23.5. The molecule has 1 aromatic rings. The van der Waals surface area contributed by atoms with Crippen molar-refractivity contribution in [2.45, 2.75) is 62.7 Å². The molecule has 32 heavy (non-hydrogen) atoms. The van der Waals surface area contributed by atoms with Crippen molar-refractivity contribution in [3.63, 3.8) is 0 Å². The number of nitrogens with one attached hydrogen (secondary N) is 1. The first-order valence-electron chi connectivity index (χ1n) is 11.5. The van der Waals surface area contributed by atoms with Crippen molar-refractivity contribution in [2.24, 2.45) is 0 Å². The number of fused-ring (bicyclic) bond motifs is 1. The minimum atomic E-state index is -3.22. The number of carbonyl (C=O) groups is 2. The average molecular weight is 465 g/mol. The van der Waals surface area contributed by atoms with Crippen molar-refractivity contribution in [3.8, 4) is 0 Å². The molecule has 0 bridgehead atoms. The summed E-state index contributed by atoms with van der Waals surface area (Å²) in [5.41, 5.74) is 0.985. The van der Waals surface area contributed by atoms with Gasteiger partial charge in [0.1, 0.15) is 6.04 Å². The molecule has 2 saturated heterocycles. The molecular formula is C23H36N4O4S. The molecule has 2 amide bonds. The molecule has 0 aromatic heterocycles. The Hall–Kier alpha value is -1.97. The molecule has 0 spiro atoms. The van der Waals surface area contributed by atoms with Gasteiger partial charge in [0.25, 0.3) is 0 Å². The summed E-state index contributed by atoms with van der Waals surface area (Å²) in [7, 11) is -1.16. The minimum absolute atomic E-state index is 0.0321. The first-order valence-corrected chi connectivity index (χ1v) is 13.3. The van der Waals surface area contributed by atoms with Crippen LogP contribution in [0.1, 0.15) is 38.7 Å². The van der Waals surface area contributed by atoms with E-state index in [2.05, 4.69) is 22.2 Å². The second kappa shape index (κ2) is 10.3. The van der Waals surface area contributed by atoms with Crippen LogP contribution in [-0.4, -0.2) is 92.5 Å². The maximum atomic E-state index is 13.0. The number of amides is 2. The maximum Gasteiger partial charge on any atom is 0.239 e. The van der Waals surface area contributed by atoms with E-state index in [1.807, 2.05) is 30.9 Å². The van der Waals surface area contributed by atoms with Crippen molar-refractivity contribution in [2.75, 3.05) is 39.5 Å². The zero-order valence-electron chi connectivity index (χ0n) is 19.6. The summed E-state index contributed by atoms with van der Waals surface area (Å²) in [5.74, 6) is 0.200. The van der Waals surface area contributed by atoms with Gasteiger partial charge in [-0.1, -0.05) is 12.1 Å². The summed E-state index contributed by atoms with van der Waals surface area (Å²) >= 11 is 0. The lowest BCUT2D eigenvalue weighted by molar-refractivity contribution is -0.131. The molecule has 2 fully saturated rings. The molecule has 0 radical (unpaired) electrons. The minimum Gasteiger partial charge on any atom is -0.353 e. The van der Waals surface area contributed by atoms with Crippen LogP contribution in [0.4, 0.5) is 0 Å². The van der Waals surface area contributed by atoms with Crippen LogP contribution in [0.15, 0.2) is 29.2 Å². The Kier molecular flexibility index (Phi) is 7.95. The lowest BCUT2D eigenvalue weighted by Gasteiger charge is -2.33. The Morgan fingerprint density at radius 1 is 1.19 bits per heavy atom. The summed E-state index contributed by atoms with van der Waals surface area (Å²) in [6.45, 7) is 7.36. The summed E-state index contributed by atoms with van der Waals surface area (Å²) in [6.07, 6.45) is 3.30. The Bertz CT molecular complexity index is 914. The topological polar surface area (TPSA) is 90.0 Å². The number of hydrogen-bond donors (Lipinski definition) is 1. The third kappa shape index (κ3) is 5.50. The van der Waals surface area contributed by atoms with E-state index in [0.29, 0.717) is 24.4 Å². The van der Waals surface area contributed by atoms with E-state index >= 15 is 0 Å². The molecule has 8 nitrogen and oxygen atoms in total. The lowest BCUT2D eigenvalue weighted by Crippen LogP contribution is -2.49. The van der Waals surface area contributed by atoms with E-state index in [-0.39, 0.29) is 29.9 Å². The van der Waals surface area contributed by atoms with Crippen molar-refractivity contribution < 1.29 is 18.0 Å². The standard InChI is InChI=1S/C23H36N4O4S/c1-5-26(6-2)21(28)12-9-18-15-24-23(29)22-20(25(18)3)13-14-27(22)16-17-7-10-19(11-8-17)32(4,30)31/h7-8,10-11,18,20,22H,5-6,9,12-16H2,1-4H3,(H,24,29)/t18-,20-,22-/m1/s1. The molecule has 1 aromatic carbocycles. The smallest absolute Gasteiger partial charge is 0.239 e. The van der Waals surface area contributed by atoms with Crippen molar-refractivity contribution in [1.82, 2.24) is 20.0 Å². The number of sulfone groups is 1. The highest BCUT2D eigenvalue weighted by Gasteiger charge is 2.44. The van der Waals surface area contributed by atoms with Crippen molar-refractivity contribution in [1.29, 1.82) is 0 Å². The van der Waals surface area contributed by atoms with Gasteiger partial charge in [0, 0.05) is 57.5 Å². The Morgan fingerprint density at radius 3 is 2.44 bits per heavy atom. The van der Waals surface area contributed by atoms with E-state index < -0.39 is 9.84 Å². The molecule has 1 N–H and O–H groups in total. The first-order chi connectivity index (χ1) is 15.2. The van der Waals surface area contributed by atoms with Gasteiger partial charge in [-0.25, -0.2) is 8.42 Å². The summed E-state index contributed by atoms with van der Waals surface area (Å²) in [4.78, 5) is 32.0. The monoisotopic (exact) mass is 464 g/mol. The Morgan fingerprint density at radius 2 is 1.84 bits per heavy atom. The predicted octanol–water partition coefficient (Wildman–Crippen LogP) is 1.11. The van der Waals surface area contributed by atoms with Crippen LogP contribution in [0.5, 0.6) is 0 Å². The van der Waals surface area contributed by atoms with Gasteiger partial charge in [-0.2, -0.15) is 0 Å². The highest BCUT2D eigenvalue weighted by atomic mass is 32.2. The summed E-state index contributed by atoms with van der Waals surface area (Å²) in [5, 5.41) is 3.10. The van der Waals surface area contributed by atoms with E-state index in [1.54, 1.807) is 12.1 Å². The fourth-order valence-corrected chi connectivity index (χ4v) is 5.56. The van der Waals surface area contributed by atoms with Gasteiger partial charge < -0.3 is 10.2 Å². The second-order valence-electron chi connectivity index (χ2n) is 8.86. The van der Waals surface area contributed by atoms with Crippen LogP contribution in [0.25, 0.3) is 0 Å². The van der Waals surface area contributed by atoms with E-state index in [9.17, 15) is 18.0 Å². The second-order valence-corrected chi connectivity index (χ2v) is 10.9. The molecule has 2 heterocycles. The number of likely N-dealkylation sites (N-methyl/N-ethyl adjacent to an activating group) is 1. The quantitative estimate of drug-likeness (QED) is 0.620. The van der Waals surface area contributed by atoms with E-state index in [1.165, 1.54) is 6.26 Å². The maximum absolute atomic E-state index is 13.0. The highest BCUT2D eigenvalue weighted by molar-refractivity contribution is 7.90. The Balaban J connectivity index is 1.66. The summed E-state index contributed by atoms with van der Waals surface area (Å²) < 4.78 is 23.4. The number of hydrogen-bond acceptors (Lipinski definition) is 6. The molecule has 2 aliphatic rings. The number of carbonyl (C=O) groups excluding carboxylic acids is 2. The molecule has 0 aliphatic carbocycles. The molecule has 0 unspecified atom stereocenters. The van der Waals surface area contributed by atoms with Gasteiger partial charge in [0.05, 0.1) is 4.90 Å². The Labute approximate surface area is 191 Å². The van der Waals surface area contributed by atoms with Crippen LogP contribution < -0.4 is 5.32 Å². The first kappa shape index (κ1) is 24.7. The largest absolute Gasteiger partial charge is 0.353 e. The molecule has 3 atom stereocenters. The van der Waals surface area contributed by atoms with Gasteiger partial charge in [-0.05, 0) is 51.4 Å². The molecule has 178 valence electrons. The third-order valence-corrected chi connectivity index (χ3v) is 8.02. The van der Waals surface area contributed by atoms with Gasteiger partial charge in [0.2, 0.25) is 11.8 Å². The average Bonchev–Trinajstić information content (AvgIpc) is 3.12. The third-order valence-electron chi connectivity index (χ3n) is 6.89. The van der Waals surface area contributed by atoms with Crippen LogP contribution in [0.2, 0.25) is 0 Å². The van der Waals surface area contributed by atoms with Gasteiger partial charge in [0.15, 0.2) is 9.84 Å². The van der Waals surface area contributed by atoms with Gasteiger partial charge >= 0.3 is 0 Å². The number of benzene rings is 1. The molecule has 0 saturated carbocycles. The molecule has 9 heteroatoms. The van der Waals surface area contributed by atoms with Gasteiger partial charge in [-0.3, -0.25) is 19.4 Å². The lowest BCUT2D eigenvalue weighted by atomic mass is 10.0. The molecule has 2 aliphatic heterocycles. The fourth-order valence-electron chi connectivity index (χ4n) is 4.93. The van der Waals surface area contributed by atoms with Crippen molar-refractivity contribution >= 4 is 21.7 Å².